The second kappa shape index (κ2) is 14.5. The van der Waals surface area contributed by atoms with Crippen LogP contribution >= 0.6 is 0 Å². The van der Waals surface area contributed by atoms with Gasteiger partial charge >= 0.3 is 0 Å². The molecule has 3 saturated heterocycles. The summed E-state index contributed by atoms with van der Waals surface area (Å²) in [6, 6.07) is 22.2. The molecule has 0 radical (unpaired) electrons. The maximum Gasteiger partial charge on any atom is 0.179 e. The van der Waals surface area contributed by atoms with Crippen LogP contribution in [0.15, 0.2) is 71.6 Å². The third kappa shape index (κ3) is 7.32. The first kappa shape index (κ1) is 34.9. The number of anilines is 1. The van der Waals surface area contributed by atoms with Crippen LogP contribution in [0.5, 0.6) is 5.75 Å². The fourth-order valence-electron chi connectivity index (χ4n) is 8.42. The van der Waals surface area contributed by atoms with Crippen LogP contribution < -0.4 is 14.7 Å². The number of hydrogen-bond donors (Lipinski definition) is 0. The molecular weight excluding hydrogens is 619 g/mol. The Hall–Kier alpha value is -2.91. The molecule has 8 heteroatoms. The Kier molecular flexibility index (Phi) is 10.6. The Morgan fingerprint density at radius 1 is 0.896 bits per heavy atom. The lowest BCUT2D eigenvalue weighted by Gasteiger charge is -2.50. The fraction of sp³-hybridized carbons (Fsp3) is 0.550. The van der Waals surface area contributed by atoms with Crippen LogP contribution in [0.4, 0.5) is 5.69 Å². The van der Waals surface area contributed by atoms with Crippen molar-refractivity contribution >= 4 is 15.5 Å². The van der Waals surface area contributed by atoms with Gasteiger partial charge in [-0.15, -0.1) is 6.10 Å². The SMILES string of the molecule is CCCCC1(CCCC)CS(=O)(=O)c2ccc(N(C)C)cc2[C@@H](c2cccc(OCc3ccc(C[N+]45CCN(CC4)CC5)cc3)c2)[C@H]1[O-]. The van der Waals surface area contributed by atoms with E-state index < -0.39 is 27.3 Å². The van der Waals surface area contributed by atoms with Gasteiger partial charge in [-0.05, 0) is 71.2 Å². The largest absolute Gasteiger partial charge is 0.851 e. The summed E-state index contributed by atoms with van der Waals surface area (Å²) in [4.78, 5) is 4.86. The normalized spacial score (nSPS) is 25.6. The van der Waals surface area contributed by atoms with Crippen molar-refractivity contribution < 1.29 is 22.7 Å². The van der Waals surface area contributed by atoms with E-state index in [4.69, 9.17) is 4.74 Å². The third-order valence-corrected chi connectivity index (χ3v) is 13.5. The van der Waals surface area contributed by atoms with E-state index in [9.17, 15) is 8.42 Å². The van der Waals surface area contributed by atoms with E-state index in [0.717, 1.165) is 49.0 Å². The molecule has 0 N–H and O–H groups in total. The number of hydrogen-bond acceptors (Lipinski definition) is 6. The third-order valence-electron chi connectivity index (χ3n) is 11.5. The zero-order chi connectivity index (χ0) is 33.9. The molecule has 0 spiro atoms. The van der Waals surface area contributed by atoms with Gasteiger partial charge in [0.1, 0.15) is 18.9 Å². The molecule has 260 valence electrons. The molecule has 0 saturated carbocycles. The molecule has 3 aromatic rings. The van der Waals surface area contributed by atoms with Crippen LogP contribution in [-0.4, -0.2) is 83.0 Å². The van der Waals surface area contributed by atoms with E-state index >= 15 is 5.11 Å². The van der Waals surface area contributed by atoms with E-state index in [0.29, 0.717) is 35.7 Å². The lowest BCUT2D eigenvalue weighted by atomic mass is 9.68. The van der Waals surface area contributed by atoms with Crippen LogP contribution in [0.3, 0.4) is 0 Å². The summed E-state index contributed by atoms with van der Waals surface area (Å²) in [6.45, 7) is 13.1. The summed E-state index contributed by atoms with van der Waals surface area (Å²) in [5, 5.41) is 15.1. The maximum atomic E-state index is 15.1. The summed E-state index contributed by atoms with van der Waals surface area (Å²) in [5.74, 6) is -0.0137. The van der Waals surface area contributed by atoms with Crippen molar-refractivity contribution in [3.05, 3.63) is 89.0 Å². The molecule has 7 rings (SSSR count). The number of benzene rings is 3. The molecule has 3 fully saturated rings. The van der Waals surface area contributed by atoms with Crippen LogP contribution in [-0.2, 0) is 23.0 Å². The zero-order valence-corrected chi connectivity index (χ0v) is 30.3. The van der Waals surface area contributed by atoms with Gasteiger partial charge in [0.2, 0.25) is 0 Å². The monoisotopic (exact) mass is 673 g/mol. The molecule has 0 aromatic heterocycles. The molecule has 0 aliphatic carbocycles. The highest BCUT2D eigenvalue weighted by Crippen LogP contribution is 2.49. The molecule has 4 aliphatic heterocycles. The van der Waals surface area contributed by atoms with Gasteiger partial charge in [-0.1, -0.05) is 75.9 Å². The fourth-order valence-corrected chi connectivity index (χ4v) is 10.6. The Morgan fingerprint density at radius 3 is 2.17 bits per heavy atom. The van der Waals surface area contributed by atoms with E-state index in [2.05, 4.69) is 43.0 Å². The number of fused-ring (bicyclic) bond motifs is 4. The van der Waals surface area contributed by atoms with E-state index in [-0.39, 0.29) is 5.75 Å². The molecule has 2 atom stereocenters. The number of nitrogens with zero attached hydrogens (tertiary/aromatic N) is 3. The van der Waals surface area contributed by atoms with Crippen molar-refractivity contribution in [1.29, 1.82) is 0 Å². The molecule has 3 aromatic carbocycles. The van der Waals surface area contributed by atoms with Gasteiger partial charge in [-0.2, -0.15) is 0 Å². The number of quaternary nitrogens is 1. The van der Waals surface area contributed by atoms with Crippen molar-refractivity contribution in [2.24, 2.45) is 5.41 Å². The topological polar surface area (TPSA) is 72.9 Å². The van der Waals surface area contributed by atoms with Crippen molar-refractivity contribution in [1.82, 2.24) is 4.90 Å². The summed E-state index contributed by atoms with van der Waals surface area (Å²) < 4.78 is 35.9. The number of unbranched alkanes of at least 4 members (excludes halogenated alkanes) is 2. The van der Waals surface area contributed by atoms with Gasteiger partial charge in [-0.25, -0.2) is 8.42 Å². The van der Waals surface area contributed by atoms with Gasteiger partial charge < -0.3 is 19.2 Å². The van der Waals surface area contributed by atoms with Gasteiger partial charge in [0.25, 0.3) is 0 Å². The minimum absolute atomic E-state index is 0.0936. The highest BCUT2D eigenvalue weighted by molar-refractivity contribution is 7.91. The van der Waals surface area contributed by atoms with Gasteiger partial charge in [0.15, 0.2) is 9.84 Å². The highest BCUT2D eigenvalue weighted by atomic mass is 32.2. The average Bonchev–Trinajstić information content (AvgIpc) is 3.16. The maximum absolute atomic E-state index is 15.1. The second-order valence-corrected chi connectivity index (χ2v) is 17.0. The number of sulfone groups is 1. The molecule has 2 bridgehead atoms. The molecule has 0 amide bonds. The molecular formula is C40H55N3O4S. The van der Waals surface area contributed by atoms with Crippen LogP contribution in [0.25, 0.3) is 0 Å². The molecule has 0 unspecified atom stereocenters. The molecule has 4 aliphatic rings. The first-order chi connectivity index (χ1) is 23.1. The van der Waals surface area contributed by atoms with E-state index in [1.807, 2.05) is 55.4 Å². The Balaban J connectivity index is 1.28. The quantitative estimate of drug-likeness (QED) is 0.208. The van der Waals surface area contributed by atoms with Gasteiger partial charge in [0, 0.05) is 45.0 Å². The molecule has 7 nitrogen and oxygen atoms in total. The Bertz CT molecular complexity index is 1630. The van der Waals surface area contributed by atoms with Crippen LogP contribution in [0, 0.1) is 5.41 Å². The average molecular weight is 674 g/mol. The van der Waals surface area contributed by atoms with E-state index in [1.54, 1.807) is 6.07 Å². The highest BCUT2D eigenvalue weighted by Gasteiger charge is 2.45. The summed E-state index contributed by atoms with van der Waals surface area (Å²) in [5.41, 5.74) is 3.97. The molecule has 48 heavy (non-hydrogen) atoms. The minimum atomic E-state index is -3.69. The van der Waals surface area contributed by atoms with Crippen molar-refractivity contribution in [2.45, 2.75) is 82.4 Å². The van der Waals surface area contributed by atoms with Crippen LogP contribution in [0.2, 0.25) is 0 Å². The smallest absolute Gasteiger partial charge is 0.179 e. The summed E-state index contributed by atoms with van der Waals surface area (Å²) >= 11 is 0. The first-order valence-corrected chi connectivity index (χ1v) is 19.8. The van der Waals surface area contributed by atoms with Gasteiger partial charge in [0.05, 0.1) is 30.3 Å². The van der Waals surface area contributed by atoms with Crippen molar-refractivity contribution in [2.75, 3.05) is 64.0 Å². The lowest BCUT2D eigenvalue weighted by molar-refractivity contribution is -0.953. The van der Waals surface area contributed by atoms with Crippen molar-refractivity contribution in [3.63, 3.8) is 0 Å². The number of piperazine rings is 3. The van der Waals surface area contributed by atoms with Crippen molar-refractivity contribution in [3.8, 4) is 5.75 Å². The predicted octanol–water partition coefficient (Wildman–Crippen LogP) is 5.99. The molecule has 4 heterocycles. The van der Waals surface area contributed by atoms with Crippen LogP contribution in [0.1, 0.15) is 80.5 Å². The second-order valence-electron chi connectivity index (χ2n) is 15.0. The summed E-state index contributed by atoms with van der Waals surface area (Å²) in [7, 11) is 0.203. The van der Waals surface area contributed by atoms with Gasteiger partial charge in [-0.3, -0.25) is 4.90 Å². The zero-order valence-electron chi connectivity index (χ0n) is 29.5. The number of ether oxygens (including phenoxy) is 1. The van der Waals surface area contributed by atoms with E-state index in [1.165, 1.54) is 49.3 Å². The Morgan fingerprint density at radius 2 is 1.54 bits per heavy atom. The number of rotatable bonds is 13. The lowest BCUT2D eigenvalue weighted by Crippen LogP contribution is -2.66. The minimum Gasteiger partial charge on any atom is -0.851 e. The predicted molar refractivity (Wildman–Crippen MR) is 192 cm³/mol. The first-order valence-electron chi connectivity index (χ1n) is 18.1. The Labute approximate surface area is 289 Å². The summed E-state index contributed by atoms with van der Waals surface area (Å²) in [6.07, 6.45) is 3.65. The standard InChI is InChI=1S/C40H55N3O4S/c1-5-7-18-40(19-8-6-2)30-48(45,46)37-17-16-34(41(3)4)27-36(37)38(39(40)44)33-10-9-11-35(26-33)47-29-32-14-12-31(13-15-32)28-43-23-20-42(21-24-43)22-25-43/h9-17,26-27,38-39H,5-8,18-25,28-30H2,1-4H3/t38-,39-/m1/s1.